The van der Waals surface area contributed by atoms with Gasteiger partial charge in [-0.05, 0) is 25.9 Å². The summed E-state index contributed by atoms with van der Waals surface area (Å²) in [5.74, 6) is 0.630. The topological polar surface area (TPSA) is 58.4 Å². The Balaban J connectivity index is 4.16. The van der Waals surface area contributed by atoms with E-state index in [-0.39, 0.29) is 11.8 Å². The van der Waals surface area contributed by atoms with Crippen molar-refractivity contribution in [2.45, 2.75) is 39.8 Å². The van der Waals surface area contributed by atoms with Crippen LogP contribution >= 0.6 is 0 Å². The maximum atomic E-state index is 11.7. The Morgan fingerprint density at radius 1 is 1.19 bits per heavy atom. The predicted octanol–water partition coefficient (Wildman–Crippen LogP) is 0.672. The number of hydrogen-bond donors (Lipinski definition) is 2. The Morgan fingerprint density at radius 2 is 1.69 bits per heavy atom. The average molecular weight is 229 g/mol. The maximum absolute atomic E-state index is 11.7. The summed E-state index contributed by atoms with van der Waals surface area (Å²) in [5, 5.41) is 2.92. The van der Waals surface area contributed by atoms with Crippen LogP contribution in [0.25, 0.3) is 0 Å². The van der Waals surface area contributed by atoms with Crippen molar-refractivity contribution in [3.8, 4) is 0 Å². The zero-order valence-electron chi connectivity index (χ0n) is 11.4. The molecule has 0 bridgehead atoms. The second kappa shape index (κ2) is 6.86. The second-order valence-electron chi connectivity index (χ2n) is 5.29. The summed E-state index contributed by atoms with van der Waals surface area (Å²) in [7, 11) is 4.05. The molecule has 1 amide bonds. The lowest BCUT2D eigenvalue weighted by molar-refractivity contribution is -0.123. The molecule has 0 aromatic rings. The zero-order valence-corrected chi connectivity index (χ0v) is 11.4. The molecule has 0 saturated heterocycles. The smallest absolute Gasteiger partial charge is 0.237 e. The largest absolute Gasteiger partial charge is 0.353 e. The van der Waals surface area contributed by atoms with Gasteiger partial charge in [-0.2, -0.15) is 0 Å². The molecule has 0 aromatic carbocycles. The van der Waals surface area contributed by atoms with Gasteiger partial charge in [0, 0.05) is 12.6 Å². The fourth-order valence-corrected chi connectivity index (χ4v) is 1.64. The molecule has 2 unspecified atom stereocenters. The van der Waals surface area contributed by atoms with Crippen molar-refractivity contribution in [2.75, 3.05) is 20.6 Å². The molecule has 0 radical (unpaired) electrons. The van der Waals surface area contributed by atoms with E-state index >= 15 is 0 Å². The molecule has 3 N–H and O–H groups in total. The zero-order chi connectivity index (χ0) is 12.9. The van der Waals surface area contributed by atoms with E-state index in [1.165, 1.54) is 0 Å². The molecule has 0 aromatic heterocycles. The van der Waals surface area contributed by atoms with Gasteiger partial charge < -0.3 is 16.0 Å². The van der Waals surface area contributed by atoms with Gasteiger partial charge in [0.1, 0.15) is 0 Å². The van der Waals surface area contributed by atoms with E-state index in [0.29, 0.717) is 18.5 Å². The number of likely N-dealkylation sites (N-methyl/N-ethyl adjacent to an activating group) is 1. The quantitative estimate of drug-likeness (QED) is 0.704. The summed E-state index contributed by atoms with van der Waals surface area (Å²) in [6.07, 6.45) is 0. The first kappa shape index (κ1) is 15.4. The van der Waals surface area contributed by atoms with Crippen LogP contribution in [0.2, 0.25) is 0 Å². The van der Waals surface area contributed by atoms with Gasteiger partial charge in [-0.25, -0.2) is 0 Å². The average Bonchev–Trinajstić information content (AvgIpc) is 2.15. The molecule has 0 heterocycles. The molecule has 0 rings (SSSR count). The van der Waals surface area contributed by atoms with Crippen molar-refractivity contribution in [1.82, 2.24) is 10.2 Å². The van der Waals surface area contributed by atoms with Crippen molar-refractivity contribution in [2.24, 2.45) is 17.6 Å². The summed E-state index contributed by atoms with van der Waals surface area (Å²) >= 11 is 0. The first-order valence-corrected chi connectivity index (χ1v) is 5.97. The monoisotopic (exact) mass is 229 g/mol. The van der Waals surface area contributed by atoms with Crippen molar-refractivity contribution in [3.63, 3.8) is 0 Å². The van der Waals surface area contributed by atoms with Crippen molar-refractivity contribution in [3.05, 3.63) is 0 Å². The van der Waals surface area contributed by atoms with Gasteiger partial charge in [-0.3, -0.25) is 4.79 Å². The minimum atomic E-state index is -0.407. The second-order valence-corrected chi connectivity index (χ2v) is 5.29. The molecular formula is C12H27N3O. The lowest BCUT2D eigenvalue weighted by Gasteiger charge is -2.28. The minimum absolute atomic E-state index is 0.0532. The van der Waals surface area contributed by atoms with E-state index in [0.717, 1.165) is 0 Å². The van der Waals surface area contributed by atoms with Crippen LogP contribution in [-0.4, -0.2) is 43.5 Å². The number of carbonyl (C=O) groups excluding carboxylic acids is 1. The highest BCUT2D eigenvalue weighted by Gasteiger charge is 2.20. The van der Waals surface area contributed by atoms with Gasteiger partial charge in [0.05, 0.1) is 6.04 Å². The number of hydrogen-bond acceptors (Lipinski definition) is 3. The van der Waals surface area contributed by atoms with Crippen LogP contribution in [0.5, 0.6) is 0 Å². The Bertz CT molecular complexity index is 206. The summed E-state index contributed by atoms with van der Waals surface area (Å²) < 4.78 is 0. The van der Waals surface area contributed by atoms with Crippen LogP contribution in [0, 0.1) is 11.8 Å². The molecule has 16 heavy (non-hydrogen) atoms. The molecule has 0 aliphatic heterocycles. The van der Waals surface area contributed by atoms with Gasteiger partial charge in [0.2, 0.25) is 5.91 Å². The van der Waals surface area contributed by atoms with E-state index in [4.69, 9.17) is 5.73 Å². The van der Waals surface area contributed by atoms with Crippen LogP contribution in [-0.2, 0) is 4.79 Å². The lowest BCUT2D eigenvalue weighted by atomic mass is 10.0. The van der Waals surface area contributed by atoms with Crippen LogP contribution < -0.4 is 11.1 Å². The van der Waals surface area contributed by atoms with Crippen LogP contribution in [0.3, 0.4) is 0 Å². The van der Waals surface area contributed by atoms with Gasteiger partial charge >= 0.3 is 0 Å². The molecular weight excluding hydrogens is 202 g/mol. The molecule has 4 nitrogen and oxygen atoms in total. The van der Waals surface area contributed by atoms with Gasteiger partial charge in [0.15, 0.2) is 0 Å². The Hall–Kier alpha value is -0.610. The molecule has 2 atom stereocenters. The van der Waals surface area contributed by atoms with Gasteiger partial charge in [0.25, 0.3) is 0 Å². The first-order chi connectivity index (χ1) is 7.27. The first-order valence-electron chi connectivity index (χ1n) is 5.97. The molecule has 4 heteroatoms. The highest BCUT2D eigenvalue weighted by atomic mass is 16.2. The molecule has 96 valence electrons. The van der Waals surface area contributed by atoms with E-state index in [2.05, 4.69) is 24.1 Å². The van der Waals surface area contributed by atoms with E-state index in [1.54, 1.807) is 0 Å². The number of nitrogens with zero attached hydrogens (tertiary/aromatic N) is 1. The van der Waals surface area contributed by atoms with E-state index in [1.807, 2.05) is 27.9 Å². The van der Waals surface area contributed by atoms with Crippen LogP contribution in [0.4, 0.5) is 0 Å². The molecule has 0 spiro atoms. The summed E-state index contributed by atoms with van der Waals surface area (Å²) in [6.45, 7) is 8.87. The molecule has 0 aliphatic rings. The van der Waals surface area contributed by atoms with Crippen molar-refractivity contribution < 1.29 is 4.79 Å². The van der Waals surface area contributed by atoms with Crippen molar-refractivity contribution in [1.29, 1.82) is 0 Å². The normalized spacial score (nSPS) is 15.6. The number of amides is 1. The van der Waals surface area contributed by atoms with Gasteiger partial charge in [-0.15, -0.1) is 0 Å². The summed E-state index contributed by atoms with van der Waals surface area (Å²) in [4.78, 5) is 13.8. The fraction of sp³-hybridized carbons (Fsp3) is 0.917. The molecule has 0 fully saturated rings. The van der Waals surface area contributed by atoms with E-state index < -0.39 is 6.04 Å². The number of rotatable bonds is 6. The SMILES string of the molecule is CC(C)C(N)C(=O)NCC(C(C)C)N(C)C. The summed E-state index contributed by atoms with van der Waals surface area (Å²) in [6, 6.07) is -0.0571. The summed E-state index contributed by atoms with van der Waals surface area (Å²) in [5.41, 5.74) is 5.77. The Kier molecular flexibility index (Phi) is 6.60. The van der Waals surface area contributed by atoms with Crippen LogP contribution in [0.15, 0.2) is 0 Å². The third kappa shape index (κ3) is 4.94. The number of carbonyl (C=O) groups is 1. The predicted molar refractivity (Wildman–Crippen MR) is 68.1 cm³/mol. The minimum Gasteiger partial charge on any atom is -0.353 e. The Morgan fingerprint density at radius 3 is 2.00 bits per heavy atom. The van der Waals surface area contributed by atoms with Crippen molar-refractivity contribution >= 4 is 5.91 Å². The number of nitrogens with two attached hydrogens (primary N) is 1. The third-order valence-electron chi connectivity index (χ3n) is 2.94. The number of nitrogens with one attached hydrogen (secondary N) is 1. The highest BCUT2D eigenvalue weighted by molar-refractivity contribution is 5.81. The highest BCUT2D eigenvalue weighted by Crippen LogP contribution is 2.06. The third-order valence-corrected chi connectivity index (χ3v) is 2.94. The van der Waals surface area contributed by atoms with Crippen LogP contribution in [0.1, 0.15) is 27.7 Å². The Labute approximate surface area is 99.6 Å². The standard InChI is InChI=1S/C12H27N3O/c1-8(2)10(15(5)6)7-14-12(16)11(13)9(3)4/h8-11H,7,13H2,1-6H3,(H,14,16). The fourth-order valence-electron chi connectivity index (χ4n) is 1.64. The maximum Gasteiger partial charge on any atom is 0.237 e. The van der Waals surface area contributed by atoms with Gasteiger partial charge in [-0.1, -0.05) is 27.7 Å². The van der Waals surface area contributed by atoms with E-state index in [9.17, 15) is 4.79 Å². The molecule has 0 aliphatic carbocycles. The lowest BCUT2D eigenvalue weighted by Crippen LogP contribution is -2.49. The molecule has 0 saturated carbocycles.